The van der Waals surface area contributed by atoms with E-state index in [-0.39, 0.29) is 12.1 Å². The Morgan fingerprint density at radius 3 is 2.55 bits per heavy atom. The number of guanidine groups is 1. The van der Waals surface area contributed by atoms with Crippen molar-refractivity contribution in [2.45, 2.75) is 78.4 Å². The fraction of sp³-hybridized carbons (Fsp3) is 0.882. The molecule has 0 bridgehead atoms. The lowest BCUT2D eigenvalue weighted by atomic mass is 10.1. The van der Waals surface area contributed by atoms with E-state index in [2.05, 4.69) is 43.3 Å². The standard InChI is InChI=1S/C17H33N3O2/c1-5-18-17(20-14(4)13(2)3)19-12-8-11-16(21)22-15-9-6-7-10-15/h13-15H,5-12H2,1-4H3,(H2,18,19,20). The molecule has 0 heterocycles. The van der Waals surface area contributed by atoms with Gasteiger partial charge in [0, 0.05) is 25.6 Å². The van der Waals surface area contributed by atoms with Crippen LogP contribution in [-0.4, -0.2) is 37.2 Å². The molecule has 0 spiro atoms. The van der Waals surface area contributed by atoms with Gasteiger partial charge in [-0.15, -0.1) is 0 Å². The summed E-state index contributed by atoms with van der Waals surface area (Å²) >= 11 is 0. The molecule has 0 radical (unpaired) electrons. The summed E-state index contributed by atoms with van der Waals surface area (Å²) in [6.45, 7) is 10.0. The van der Waals surface area contributed by atoms with E-state index >= 15 is 0 Å². The number of nitrogens with one attached hydrogen (secondary N) is 2. The van der Waals surface area contributed by atoms with Crippen molar-refractivity contribution in [1.82, 2.24) is 10.6 Å². The van der Waals surface area contributed by atoms with Crippen molar-refractivity contribution in [3.63, 3.8) is 0 Å². The highest BCUT2D eigenvalue weighted by molar-refractivity contribution is 5.80. The minimum Gasteiger partial charge on any atom is -0.462 e. The summed E-state index contributed by atoms with van der Waals surface area (Å²) in [6, 6.07) is 0.366. The number of nitrogens with zero attached hydrogens (tertiary/aromatic N) is 1. The Hall–Kier alpha value is -1.26. The molecule has 0 amide bonds. The predicted molar refractivity (Wildman–Crippen MR) is 91.0 cm³/mol. The third-order valence-electron chi connectivity index (χ3n) is 4.12. The molecule has 1 aliphatic rings. The van der Waals surface area contributed by atoms with Crippen molar-refractivity contribution in [1.29, 1.82) is 0 Å². The molecule has 1 atom stereocenters. The predicted octanol–water partition coefficient (Wildman–Crippen LogP) is 2.85. The zero-order chi connectivity index (χ0) is 16.4. The topological polar surface area (TPSA) is 62.7 Å². The third kappa shape index (κ3) is 7.66. The zero-order valence-electron chi connectivity index (χ0n) is 14.7. The highest BCUT2D eigenvalue weighted by Gasteiger charge is 2.18. The first-order chi connectivity index (χ1) is 10.5. The van der Waals surface area contributed by atoms with E-state index in [4.69, 9.17) is 4.74 Å². The number of hydrogen-bond donors (Lipinski definition) is 2. The van der Waals surface area contributed by atoms with Gasteiger partial charge < -0.3 is 15.4 Å². The normalized spacial score (nSPS) is 17.6. The summed E-state index contributed by atoms with van der Waals surface area (Å²) in [5.74, 6) is 1.30. The summed E-state index contributed by atoms with van der Waals surface area (Å²) in [7, 11) is 0. The zero-order valence-corrected chi connectivity index (χ0v) is 14.7. The molecule has 0 aromatic carbocycles. The van der Waals surface area contributed by atoms with E-state index < -0.39 is 0 Å². The molecule has 1 saturated carbocycles. The Bertz CT molecular complexity index is 350. The van der Waals surface area contributed by atoms with Gasteiger partial charge in [-0.1, -0.05) is 13.8 Å². The maximum Gasteiger partial charge on any atom is 0.306 e. The summed E-state index contributed by atoms with van der Waals surface area (Å²) in [4.78, 5) is 16.3. The Balaban J connectivity index is 2.25. The minimum atomic E-state index is -0.0735. The molecule has 1 rings (SSSR count). The monoisotopic (exact) mass is 311 g/mol. The van der Waals surface area contributed by atoms with Crippen molar-refractivity contribution in [2.24, 2.45) is 10.9 Å². The first-order valence-corrected chi connectivity index (χ1v) is 8.77. The van der Waals surface area contributed by atoms with Crippen LogP contribution in [-0.2, 0) is 9.53 Å². The summed E-state index contributed by atoms with van der Waals surface area (Å²) in [5, 5.41) is 6.62. The second kappa shape index (κ2) is 10.5. The molecule has 0 aliphatic heterocycles. The van der Waals surface area contributed by atoms with Gasteiger partial charge in [-0.3, -0.25) is 9.79 Å². The quantitative estimate of drug-likeness (QED) is 0.313. The van der Waals surface area contributed by atoms with Gasteiger partial charge in [0.15, 0.2) is 5.96 Å². The smallest absolute Gasteiger partial charge is 0.306 e. The van der Waals surface area contributed by atoms with Crippen LogP contribution in [0, 0.1) is 5.92 Å². The average molecular weight is 311 g/mol. The van der Waals surface area contributed by atoms with Crippen LogP contribution in [0.3, 0.4) is 0 Å². The van der Waals surface area contributed by atoms with Gasteiger partial charge in [0.2, 0.25) is 0 Å². The van der Waals surface area contributed by atoms with Crippen molar-refractivity contribution < 1.29 is 9.53 Å². The number of rotatable bonds is 8. The molecule has 1 aliphatic carbocycles. The summed E-state index contributed by atoms with van der Waals surface area (Å²) < 4.78 is 5.44. The molecule has 1 unspecified atom stereocenters. The highest BCUT2D eigenvalue weighted by Crippen LogP contribution is 2.21. The van der Waals surface area contributed by atoms with Crippen LogP contribution in [0.5, 0.6) is 0 Å². The number of hydrogen-bond acceptors (Lipinski definition) is 3. The summed E-state index contributed by atoms with van der Waals surface area (Å²) in [5.41, 5.74) is 0. The van der Waals surface area contributed by atoms with Crippen molar-refractivity contribution in [2.75, 3.05) is 13.1 Å². The maximum absolute atomic E-state index is 11.7. The second-order valence-electron chi connectivity index (χ2n) is 6.44. The van der Waals surface area contributed by atoms with Crippen molar-refractivity contribution in [3.05, 3.63) is 0 Å². The molecule has 5 heteroatoms. The van der Waals surface area contributed by atoms with E-state index in [9.17, 15) is 4.79 Å². The van der Waals surface area contributed by atoms with E-state index in [1.165, 1.54) is 12.8 Å². The fourth-order valence-electron chi connectivity index (χ4n) is 2.37. The number of esters is 1. The molecule has 0 aromatic heterocycles. The van der Waals surface area contributed by atoms with E-state index in [1.807, 2.05) is 0 Å². The molecular weight excluding hydrogens is 278 g/mol. The van der Waals surface area contributed by atoms with Gasteiger partial charge in [-0.2, -0.15) is 0 Å². The van der Waals surface area contributed by atoms with Crippen LogP contribution >= 0.6 is 0 Å². The molecule has 5 nitrogen and oxygen atoms in total. The fourth-order valence-corrected chi connectivity index (χ4v) is 2.37. The van der Waals surface area contributed by atoms with E-state index in [0.29, 0.717) is 24.9 Å². The molecule has 1 fully saturated rings. The SMILES string of the molecule is CCNC(=NCCCC(=O)OC1CCCC1)NC(C)C(C)C. The van der Waals surface area contributed by atoms with Crippen LogP contribution in [0.25, 0.3) is 0 Å². The van der Waals surface area contributed by atoms with Crippen LogP contribution in [0.1, 0.15) is 66.2 Å². The van der Waals surface area contributed by atoms with Gasteiger partial charge in [0.05, 0.1) is 0 Å². The first-order valence-electron chi connectivity index (χ1n) is 8.77. The van der Waals surface area contributed by atoms with Crippen LogP contribution in [0.4, 0.5) is 0 Å². The maximum atomic E-state index is 11.7. The number of carbonyl (C=O) groups is 1. The van der Waals surface area contributed by atoms with Gasteiger partial charge in [-0.05, 0) is 51.9 Å². The van der Waals surface area contributed by atoms with Crippen molar-refractivity contribution >= 4 is 11.9 Å². The van der Waals surface area contributed by atoms with Crippen LogP contribution in [0.15, 0.2) is 4.99 Å². The molecular formula is C17H33N3O2. The minimum absolute atomic E-state index is 0.0735. The lowest BCUT2D eigenvalue weighted by molar-refractivity contribution is -0.148. The lowest BCUT2D eigenvalue weighted by Gasteiger charge is -2.20. The van der Waals surface area contributed by atoms with E-state index in [1.54, 1.807) is 0 Å². The van der Waals surface area contributed by atoms with Gasteiger partial charge in [-0.25, -0.2) is 0 Å². The molecule has 0 aromatic rings. The molecule has 22 heavy (non-hydrogen) atoms. The lowest BCUT2D eigenvalue weighted by Crippen LogP contribution is -2.44. The number of aliphatic imine (C=N–C) groups is 1. The Morgan fingerprint density at radius 1 is 1.27 bits per heavy atom. The first kappa shape index (κ1) is 18.8. The Labute approximate surface area is 135 Å². The summed E-state index contributed by atoms with van der Waals surface area (Å²) in [6.07, 6.45) is 5.80. The Kier molecular flexibility index (Phi) is 8.94. The second-order valence-corrected chi connectivity index (χ2v) is 6.44. The van der Waals surface area contributed by atoms with Gasteiger partial charge >= 0.3 is 5.97 Å². The Morgan fingerprint density at radius 2 is 1.95 bits per heavy atom. The number of carbonyl (C=O) groups excluding carboxylic acids is 1. The molecule has 0 saturated heterocycles. The third-order valence-corrected chi connectivity index (χ3v) is 4.12. The van der Waals surface area contributed by atoms with Crippen LogP contribution < -0.4 is 10.6 Å². The van der Waals surface area contributed by atoms with Gasteiger partial charge in [0.25, 0.3) is 0 Å². The largest absolute Gasteiger partial charge is 0.462 e. The van der Waals surface area contributed by atoms with Crippen LogP contribution in [0.2, 0.25) is 0 Å². The molecule has 128 valence electrons. The van der Waals surface area contributed by atoms with Gasteiger partial charge in [0.1, 0.15) is 6.10 Å². The highest BCUT2D eigenvalue weighted by atomic mass is 16.5. The number of ether oxygens (including phenoxy) is 1. The average Bonchev–Trinajstić information content (AvgIpc) is 2.96. The van der Waals surface area contributed by atoms with E-state index in [0.717, 1.165) is 31.8 Å². The van der Waals surface area contributed by atoms with Crippen molar-refractivity contribution in [3.8, 4) is 0 Å². The molecule has 2 N–H and O–H groups in total.